The molecule has 1 aromatic heterocycles. The maximum Gasteiger partial charge on any atom is 0.159 e. The van der Waals surface area contributed by atoms with Gasteiger partial charge in [-0.3, -0.25) is 0 Å². The van der Waals surface area contributed by atoms with Crippen LogP contribution in [0.15, 0.2) is 48.5 Å². The highest BCUT2D eigenvalue weighted by Crippen LogP contribution is 2.32. The van der Waals surface area contributed by atoms with Gasteiger partial charge < -0.3 is 10.6 Å². The second-order valence-corrected chi connectivity index (χ2v) is 6.25. The Morgan fingerprint density at radius 3 is 2.29 bits per heavy atom. The van der Waals surface area contributed by atoms with Crippen molar-refractivity contribution in [2.45, 2.75) is 18.9 Å². The van der Waals surface area contributed by atoms with Gasteiger partial charge in [0.15, 0.2) is 5.82 Å². The Morgan fingerprint density at radius 2 is 1.58 bits per heavy atom. The number of halogens is 1. The number of rotatable bonds is 2. The molecule has 5 heteroatoms. The minimum atomic E-state index is -0.253. The Labute approximate surface area is 140 Å². The fourth-order valence-corrected chi connectivity index (χ4v) is 3.26. The van der Waals surface area contributed by atoms with Crippen molar-refractivity contribution in [1.29, 1.82) is 0 Å². The Hall–Kier alpha value is -2.53. The maximum atomic E-state index is 13.2. The summed E-state index contributed by atoms with van der Waals surface area (Å²) in [6.45, 7) is 1.80. The third-order valence-electron chi connectivity index (χ3n) is 4.62. The molecule has 2 N–H and O–H groups in total. The molecule has 2 heterocycles. The van der Waals surface area contributed by atoms with E-state index in [-0.39, 0.29) is 11.9 Å². The molecule has 0 unspecified atom stereocenters. The lowest BCUT2D eigenvalue weighted by molar-refractivity contribution is 0.498. The summed E-state index contributed by atoms with van der Waals surface area (Å²) in [5.41, 5.74) is 7.66. The molecule has 2 aromatic carbocycles. The average Bonchev–Trinajstić information content (AvgIpc) is 2.62. The molecule has 1 aliphatic heterocycles. The van der Waals surface area contributed by atoms with Gasteiger partial charge in [-0.05, 0) is 37.1 Å². The van der Waals surface area contributed by atoms with Crippen LogP contribution in [0.25, 0.3) is 22.0 Å². The zero-order valence-electron chi connectivity index (χ0n) is 13.3. The van der Waals surface area contributed by atoms with E-state index >= 15 is 0 Å². The second kappa shape index (κ2) is 6.17. The number of nitrogens with zero attached hydrogens (tertiary/aromatic N) is 3. The number of benzene rings is 2. The van der Waals surface area contributed by atoms with E-state index in [4.69, 9.17) is 5.73 Å². The van der Waals surface area contributed by atoms with Crippen molar-refractivity contribution in [3.63, 3.8) is 0 Å². The molecule has 0 atom stereocenters. The lowest BCUT2D eigenvalue weighted by Crippen LogP contribution is -2.40. The minimum absolute atomic E-state index is 0.253. The molecular weight excluding hydrogens is 303 g/mol. The highest BCUT2D eigenvalue weighted by Gasteiger charge is 2.20. The van der Waals surface area contributed by atoms with E-state index in [9.17, 15) is 4.39 Å². The van der Waals surface area contributed by atoms with E-state index < -0.39 is 0 Å². The van der Waals surface area contributed by atoms with Gasteiger partial charge in [-0.25, -0.2) is 4.39 Å². The van der Waals surface area contributed by atoms with Crippen LogP contribution in [0.2, 0.25) is 0 Å². The summed E-state index contributed by atoms with van der Waals surface area (Å²) in [4.78, 5) is 2.26. The average molecular weight is 322 g/mol. The molecular formula is C19H19FN4. The van der Waals surface area contributed by atoms with Gasteiger partial charge in [0.05, 0.1) is 0 Å². The molecule has 0 bridgehead atoms. The first-order chi connectivity index (χ1) is 11.7. The molecule has 0 aliphatic carbocycles. The van der Waals surface area contributed by atoms with Crippen molar-refractivity contribution in [3.8, 4) is 11.3 Å². The predicted molar refractivity (Wildman–Crippen MR) is 94.4 cm³/mol. The van der Waals surface area contributed by atoms with Crippen molar-refractivity contribution < 1.29 is 4.39 Å². The van der Waals surface area contributed by atoms with Gasteiger partial charge >= 0.3 is 0 Å². The third kappa shape index (κ3) is 2.71. The summed E-state index contributed by atoms with van der Waals surface area (Å²) >= 11 is 0. The predicted octanol–water partition coefficient (Wildman–Crippen LogP) is 3.36. The summed E-state index contributed by atoms with van der Waals surface area (Å²) in [6.07, 6.45) is 1.94. The van der Waals surface area contributed by atoms with Crippen molar-refractivity contribution in [2.24, 2.45) is 5.73 Å². The zero-order valence-corrected chi connectivity index (χ0v) is 13.3. The van der Waals surface area contributed by atoms with Gasteiger partial charge in [-0.2, -0.15) is 0 Å². The fraction of sp³-hybridized carbons (Fsp3) is 0.263. The topological polar surface area (TPSA) is 55.0 Å². The molecule has 4 nitrogen and oxygen atoms in total. The number of hydrogen-bond acceptors (Lipinski definition) is 4. The molecule has 1 aliphatic rings. The van der Waals surface area contributed by atoms with Crippen LogP contribution in [-0.4, -0.2) is 29.3 Å². The molecule has 1 fully saturated rings. The van der Waals surface area contributed by atoms with E-state index in [2.05, 4.69) is 21.2 Å². The molecule has 1 saturated heterocycles. The first-order valence-electron chi connectivity index (χ1n) is 8.24. The highest BCUT2D eigenvalue weighted by molar-refractivity contribution is 6.00. The van der Waals surface area contributed by atoms with Gasteiger partial charge in [0.1, 0.15) is 11.5 Å². The maximum absolute atomic E-state index is 13.2. The van der Waals surface area contributed by atoms with Crippen LogP contribution in [0, 0.1) is 5.82 Å². The summed E-state index contributed by atoms with van der Waals surface area (Å²) < 4.78 is 13.2. The summed E-state index contributed by atoms with van der Waals surface area (Å²) in [6, 6.07) is 14.8. The van der Waals surface area contributed by atoms with Crippen LogP contribution in [0.5, 0.6) is 0 Å². The molecule has 0 spiro atoms. The van der Waals surface area contributed by atoms with Crippen LogP contribution >= 0.6 is 0 Å². The first kappa shape index (κ1) is 15.0. The smallest absolute Gasteiger partial charge is 0.159 e. The zero-order chi connectivity index (χ0) is 16.5. The summed E-state index contributed by atoms with van der Waals surface area (Å²) in [7, 11) is 0. The largest absolute Gasteiger partial charge is 0.354 e. The van der Waals surface area contributed by atoms with Gasteiger partial charge in [0, 0.05) is 35.5 Å². The van der Waals surface area contributed by atoms with Crippen molar-refractivity contribution in [3.05, 3.63) is 54.3 Å². The lowest BCUT2D eigenvalue weighted by Gasteiger charge is -2.31. The van der Waals surface area contributed by atoms with E-state index in [1.807, 2.05) is 18.2 Å². The van der Waals surface area contributed by atoms with Crippen LogP contribution < -0.4 is 10.6 Å². The van der Waals surface area contributed by atoms with Gasteiger partial charge in [-0.15, -0.1) is 10.2 Å². The molecule has 0 radical (unpaired) electrons. The standard InChI is InChI=1S/C19H19FN4/c20-14-7-5-13(6-8-14)18-16-3-1-2-4-17(16)19(23-22-18)24-11-9-15(21)10-12-24/h1-8,15H,9-12,21H2. The molecule has 122 valence electrons. The third-order valence-corrected chi connectivity index (χ3v) is 4.62. The number of nitrogens with two attached hydrogens (primary N) is 1. The Bertz CT molecular complexity index is 855. The van der Waals surface area contributed by atoms with Crippen LogP contribution in [0.3, 0.4) is 0 Å². The number of piperidine rings is 1. The number of aromatic nitrogens is 2. The van der Waals surface area contributed by atoms with E-state index in [1.54, 1.807) is 12.1 Å². The van der Waals surface area contributed by atoms with Gasteiger partial charge in [0.25, 0.3) is 0 Å². The van der Waals surface area contributed by atoms with Gasteiger partial charge in [-0.1, -0.05) is 24.3 Å². The van der Waals surface area contributed by atoms with Crippen LogP contribution in [-0.2, 0) is 0 Å². The number of fused-ring (bicyclic) bond motifs is 1. The molecule has 0 saturated carbocycles. The molecule has 24 heavy (non-hydrogen) atoms. The molecule has 3 aromatic rings. The summed E-state index contributed by atoms with van der Waals surface area (Å²) in [5, 5.41) is 11.1. The Morgan fingerprint density at radius 1 is 0.917 bits per heavy atom. The Balaban J connectivity index is 1.81. The quantitative estimate of drug-likeness (QED) is 0.786. The van der Waals surface area contributed by atoms with Crippen LogP contribution in [0.4, 0.5) is 10.2 Å². The van der Waals surface area contributed by atoms with E-state index in [0.29, 0.717) is 0 Å². The normalized spacial score (nSPS) is 15.8. The minimum Gasteiger partial charge on any atom is -0.354 e. The monoisotopic (exact) mass is 322 g/mol. The lowest BCUT2D eigenvalue weighted by atomic mass is 10.0. The highest BCUT2D eigenvalue weighted by atomic mass is 19.1. The molecule has 4 rings (SSSR count). The number of hydrogen-bond donors (Lipinski definition) is 1. The van der Waals surface area contributed by atoms with Gasteiger partial charge in [0.2, 0.25) is 0 Å². The van der Waals surface area contributed by atoms with Crippen molar-refractivity contribution in [2.75, 3.05) is 18.0 Å². The number of anilines is 1. The second-order valence-electron chi connectivity index (χ2n) is 6.25. The molecule has 0 amide bonds. The van der Waals surface area contributed by atoms with E-state index in [1.165, 1.54) is 12.1 Å². The first-order valence-corrected chi connectivity index (χ1v) is 8.24. The summed E-state index contributed by atoms with van der Waals surface area (Å²) in [5.74, 6) is 0.653. The van der Waals surface area contributed by atoms with Crippen LogP contribution in [0.1, 0.15) is 12.8 Å². The SMILES string of the molecule is NC1CCN(c2nnc(-c3ccc(F)cc3)c3ccccc23)CC1. The Kier molecular flexibility index (Phi) is 3.86. The van der Waals surface area contributed by atoms with Crippen molar-refractivity contribution in [1.82, 2.24) is 10.2 Å². The van der Waals surface area contributed by atoms with E-state index in [0.717, 1.165) is 53.8 Å². The van der Waals surface area contributed by atoms with Crippen molar-refractivity contribution >= 4 is 16.6 Å². The fourth-order valence-electron chi connectivity index (χ4n) is 3.26.